The smallest absolute Gasteiger partial charge is 0.320 e. The van der Waals surface area contributed by atoms with Gasteiger partial charge in [-0.1, -0.05) is 13.8 Å². The van der Waals surface area contributed by atoms with Gasteiger partial charge in [-0.3, -0.25) is 9.59 Å². The van der Waals surface area contributed by atoms with Crippen molar-refractivity contribution in [3.05, 3.63) is 24.2 Å². The average molecular weight is 346 g/mol. The molecule has 2 saturated carbocycles. The molecule has 0 unspecified atom stereocenters. The second-order valence-corrected chi connectivity index (χ2v) is 8.66. The van der Waals surface area contributed by atoms with Gasteiger partial charge < -0.3 is 14.3 Å². The van der Waals surface area contributed by atoms with Gasteiger partial charge in [-0.05, 0) is 50.2 Å². The number of rotatable bonds is 3. The van der Waals surface area contributed by atoms with Crippen molar-refractivity contribution in [3.8, 4) is 0 Å². The van der Waals surface area contributed by atoms with E-state index >= 15 is 0 Å². The van der Waals surface area contributed by atoms with Crippen molar-refractivity contribution in [1.82, 2.24) is 0 Å². The van der Waals surface area contributed by atoms with E-state index in [2.05, 4.69) is 6.92 Å². The molecule has 5 nitrogen and oxygen atoms in total. The Bertz CT molecular complexity index is 710. The molecule has 3 fully saturated rings. The lowest BCUT2D eigenvalue weighted by molar-refractivity contribution is -0.215. The maximum Gasteiger partial charge on any atom is 0.320 e. The van der Waals surface area contributed by atoms with Crippen molar-refractivity contribution in [2.75, 3.05) is 0 Å². The van der Waals surface area contributed by atoms with Gasteiger partial charge in [0.1, 0.15) is 17.3 Å². The molecule has 0 aromatic carbocycles. The fraction of sp³-hybridized carbons (Fsp3) is 0.700. The lowest BCUT2D eigenvalue weighted by Gasteiger charge is -2.60. The van der Waals surface area contributed by atoms with Crippen LogP contribution in [0.2, 0.25) is 0 Å². The number of furan rings is 1. The lowest BCUT2D eigenvalue weighted by Crippen LogP contribution is -2.66. The molecule has 0 radical (unpaired) electrons. The first-order valence-corrected chi connectivity index (χ1v) is 9.21. The van der Waals surface area contributed by atoms with Crippen LogP contribution in [-0.2, 0) is 20.7 Å². The summed E-state index contributed by atoms with van der Waals surface area (Å²) in [5, 5.41) is 11.8. The van der Waals surface area contributed by atoms with E-state index in [1.54, 1.807) is 19.5 Å². The standard InChI is InChI=1S/C20H26O5/c1-12-10-14-16-18(2,7-5-15(21)19(16,3)17(22)25-14)20(12,23)8-4-13-6-9-24-11-13/h6,9,11-12,14,16,23H,4-5,7-8,10H2,1-3H3/t12-,14-,16-,18+,19+,20-/m1/s1. The summed E-state index contributed by atoms with van der Waals surface area (Å²) in [5.74, 6) is -0.688. The summed E-state index contributed by atoms with van der Waals surface area (Å²) in [7, 11) is 0. The molecule has 2 aliphatic carbocycles. The number of aryl methyl sites for hydroxylation is 1. The first-order chi connectivity index (χ1) is 11.7. The number of aliphatic hydroxyl groups is 1. The highest BCUT2D eigenvalue weighted by molar-refractivity contribution is 6.06. The number of ether oxygens (including phenoxy) is 1. The van der Waals surface area contributed by atoms with Gasteiger partial charge in [0.05, 0.1) is 18.1 Å². The quantitative estimate of drug-likeness (QED) is 0.673. The summed E-state index contributed by atoms with van der Waals surface area (Å²) in [6, 6.07) is 1.92. The van der Waals surface area contributed by atoms with Crippen molar-refractivity contribution in [2.45, 2.75) is 64.6 Å². The number of hydrogen-bond donors (Lipinski definition) is 1. The fourth-order valence-electron chi connectivity index (χ4n) is 6.03. The minimum absolute atomic E-state index is 0.00555. The van der Waals surface area contributed by atoms with Crippen LogP contribution in [0.15, 0.2) is 23.0 Å². The number of carbonyl (C=O) groups excluding carboxylic acids is 2. The Morgan fingerprint density at radius 2 is 2.08 bits per heavy atom. The minimum Gasteiger partial charge on any atom is -0.472 e. The zero-order valence-corrected chi connectivity index (χ0v) is 15.1. The predicted molar refractivity (Wildman–Crippen MR) is 89.6 cm³/mol. The molecule has 0 spiro atoms. The molecule has 0 amide bonds. The second-order valence-electron chi connectivity index (χ2n) is 8.66. The van der Waals surface area contributed by atoms with Gasteiger partial charge in [0.2, 0.25) is 0 Å². The first-order valence-electron chi connectivity index (χ1n) is 9.21. The second kappa shape index (κ2) is 5.19. The highest BCUT2D eigenvalue weighted by Gasteiger charge is 2.73. The number of esters is 1. The molecule has 1 aliphatic heterocycles. The Balaban J connectivity index is 1.74. The van der Waals surface area contributed by atoms with Crippen LogP contribution in [0.25, 0.3) is 0 Å². The zero-order chi connectivity index (χ0) is 18.0. The topological polar surface area (TPSA) is 76.7 Å². The van der Waals surface area contributed by atoms with Crippen molar-refractivity contribution in [3.63, 3.8) is 0 Å². The molecular weight excluding hydrogens is 320 g/mol. The van der Waals surface area contributed by atoms with E-state index in [1.807, 2.05) is 13.0 Å². The van der Waals surface area contributed by atoms with E-state index in [0.29, 0.717) is 32.1 Å². The summed E-state index contributed by atoms with van der Waals surface area (Å²) in [4.78, 5) is 25.2. The summed E-state index contributed by atoms with van der Waals surface area (Å²) in [5.41, 5.74) is -1.52. The van der Waals surface area contributed by atoms with Crippen molar-refractivity contribution in [2.24, 2.45) is 22.7 Å². The molecule has 1 saturated heterocycles. The molecule has 2 heterocycles. The largest absolute Gasteiger partial charge is 0.472 e. The fourth-order valence-corrected chi connectivity index (χ4v) is 6.03. The number of hydrogen-bond acceptors (Lipinski definition) is 5. The molecule has 0 bridgehead atoms. The van der Waals surface area contributed by atoms with E-state index < -0.39 is 22.4 Å². The Kier molecular flexibility index (Phi) is 3.50. The van der Waals surface area contributed by atoms with Gasteiger partial charge in [-0.25, -0.2) is 0 Å². The number of ketones is 1. The molecule has 1 aromatic rings. The average Bonchev–Trinajstić information content (AvgIpc) is 3.16. The van der Waals surface area contributed by atoms with Gasteiger partial charge in [-0.15, -0.1) is 0 Å². The van der Waals surface area contributed by atoms with Crippen molar-refractivity contribution in [1.29, 1.82) is 0 Å². The molecule has 136 valence electrons. The number of Topliss-reactive ketones (excluding diaryl/α,β-unsaturated/α-hetero) is 1. The lowest BCUT2D eigenvalue weighted by atomic mass is 9.43. The van der Waals surface area contributed by atoms with Crippen LogP contribution in [0.5, 0.6) is 0 Å². The summed E-state index contributed by atoms with van der Waals surface area (Å²) >= 11 is 0. The molecule has 1 N–H and O–H groups in total. The predicted octanol–water partition coefficient (Wildman–Crippen LogP) is 2.90. The van der Waals surface area contributed by atoms with Crippen molar-refractivity contribution < 1.29 is 23.8 Å². The van der Waals surface area contributed by atoms with E-state index in [4.69, 9.17) is 9.15 Å². The van der Waals surface area contributed by atoms with Crippen molar-refractivity contribution >= 4 is 11.8 Å². The highest BCUT2D eigenvalue weighted by atomic mass is 16.6. The third kappa shape index (κ3) is 1.99. The molecule has 3 aliphatic rings. The van der Waals surface area contributed by atoms with Crippen LogP contribution in [0, 0.1) is 22.7 Å². The van der Waals surface area contributed by atoms with Crippen LogP contribution in [0.1, 0.15) is 52.0 Å². The van der Waals surface area contributed by atoms with E-state index in [0.717, 1.165) is 5.56 Å². The van der Waals surface area contributed by atoms with Crippen LogP contribution >= 0.6 is 0 Å². The maximum atomic E-state index is 12.6. The van der Waals surface area contributed by atoms with Gasteiger partial charge in [-0.2, -0.15) is 0 Å². The highest BCUT2D eigenvalue weighted by Crippen LogP contribution is 2.66. The van der Waals surface area contributed by atoms with E-state index in [9.17, 15) is 14.7 Å². The normalized spacial score (nSPS) is 46.0. The summed E-state index contributed by atoms with van der Waals surface area (Å²) < 4.78 is 10.8. The van der Waals surface area contributed by atoms with E-state index in [1.165, 1.54) is 0 Å². The Labute approximate surface area is 147 Å². The van der Waals surface area contributed by atoms with E-state index in [-0.39, 0.29) is 23.7 Å². The van der Waals surface area contributed by atoms with Gasteiger partial charge in [0.15, 0.2) is 0 Å². The van der Waals surface area contributed by atoms with Gasteiger partial charge >= 0.3 is 5.97 Å². The minimum atomic E-state index is -1.11. The SMILES string of the molecule is C[C@@H]1C[C@H]2OC(=O)[C@@]3(C)C(=O)CC[C@@](C)([C@@H]23)[C@@]1(O)CCc1ccoc1. The van der Waals surface area contributed by atoms with Crippen LogP contribution in [0.3, 0.4) is 0 Å². The monoisotopic (exact) mass is 346 g/mol. The van der Waals surface area contributed by atoms with Gasteiger partial charge in [0.25, 0.3) is 0 Å². The van der Waals surface area contributed by atoms with Gasteiger partial charge in [0, 0.05) is 17.8 Å². The Morgan fingerprint density at radius 3 is 2.76 bits per heavy atom. The first kappa shape index (κ1) is 16.8. The van der Waals surface area contributed by atoms with Crippen LogP contribution < -0.4 is 0 Å². The van der Waals surface area contributed by atoms with Crippen LogP contribution in [0.4, 0.5) is 0 Å². The molecular formula is C20H26O5. The molecule has 1 aromatic heterocycles. The molecule has 5 heteroatoms. The Hall–Kier alpha value is -1.62. The number of carbonyl (C=O) groups is 2. The molecule has 25 heavy (non-hydrogen) atoms. The molecule has 6 atom stereocenters. The third-order valence-electron chi connectivity index (χ3n) is 7.58. The summed E-state index contributed by atoms with van der Waals surface area (Å²) in [6.45, 7) is 5.82. The summed E-state index contributed by atoms with van der Waals surface area (Å²) in [6.07, 6.45) is 5.92. The zero-order valence-electron chi connectivity index (χ0n) is 15.1. The Morgan fingerprint density at radius 1 is 1.32 bits per heavy atom. The maximum absolute atomic E-state index is 12.6. The molecule has 4 rings (SSSR count). The third-order valence-corrected chi connectivity index (χ3v) is 7.58. The van der Waals surface area contributed by atoms with Crippen LogP contribution in [-0.4, -0.2) is 28.6 Å².